The van der Waals surface area contributed by atoms with Gasteiger partial charge in [-0.2, -0.15) is 0 Å². The number of nitrogens with one attached hydrogen (secondary N) is 1. The lowest BCUT2D eigenvalue weighted by molar-refractivity contribution is -0.128. The quantitative estimate of drug-likeness (QED) is 0.817. The van der Waals surface area contributed by atoms with E-state index in [4.69, 9.17) is 5.73 Å². The normalized spacial score (nSPS) is 32.6. The van der Waals surface area contributed by atoms with Gasteiger partial charge in [0.2, 0.25) is 5.91 Å². The van der Waals surface area contributed by atoms with Gasteiger partial charge in [0.1, 0.15) is 0 Å². The second-order valence-electron chi connectivity index (χ2n) is 7.53. The van der Waals surface area contributed by atoms with E-state index in [2.05, 4.69) is 24.1 Å². The van der Waals surface area contributed by atoms with E-state index in [-0.39, 0.29) is 5.91 Å². The largest absolute Gasteiger partial charge is 0.354 e. The molecule has 1 heterocycles. The predicted octanol–water partition coefficient (Wildman–Crippen LogP) is 2.13. The van der Waals surface area contributed by atoms with Crippen LogP contribution in [0.1, 0.15) is 58.8 Å². The zero-order valence-electron chi connectivity index (χ0n) is 13.9. The molecule has 3 unspecified atom stereocenters. The van der Waals surface area contributed by atoms with Crippen LogP contribution in [0.15, 0.2) is 0 Å². The first-order valence-electron chi connectivity index (χ1n) is 8.79. The topological polar surface area (TPSA) is 58.4 Å². The molecule has 1 amide bonds. The summed E-state index contributed by atoms with van der Waals surface area (Å²) in [6.07, 6.45) is 7.97. The van der Waals surface area contributed by atoms with Crippen molar-refractivity contribution in [2.75, 3.05) is 26.2 Å². The Morgan fingerprint density at radius 2 is 2.05 bits per heavy atom. The summed E-state index contributed by atoms with van der Waals surface area (Å²) in [7, 11) is 0. The summed E-state index contributed by atoms with van der Waals surface area (Å²) in [6.45, 7) is 8.71. The fourth-order valence-electron chi connectivity index (χ4n) is 3.89. The van der Waals surface area contributed by atoms with E-state index in [1.54, 1.807) is 0 Å². The summed E-state index contributed by atoms with van der Waals surface area (Å²) in [4.78, 5) is 14.9. The van der Waals surface area contributed by atoms with E-state index in [1.165, 1.54) is 38.8 Å². The molecule has 1 saturated heterocycles. The van der Waals surface area contributed by atoms with Gasteiger partial charge in [0.05, 0.1) is 5.54 Å². The standard InChI is InChI=1S/C17H33N3O/c1-14-7-6-8-17(18,11-14)16(21)19-12-15(2)13-20-9-4-3-5-10-20/h14-15H,3-13,18H2,1-2H3,(H,19,21). The molecule has 0 bridgehead atoms. The first-order chi connectivity index (χ1) is 9.99. The van der Waals surface area contributed by atoms with E-state index >= 15 is 0 Å². The number of amides is 1. The number of nitrogens with two attached hydrogens (primary N) is 1. The summed E-state index contributed by atoms with van der Waals surface area (Å²) in [5, 5.41) is 3.11. The molecular formula is C17H33N3O. The van der Waals surface area contributed by atoms with Crippen LogP contribution in [0.5, 0.6) is 0 Å². The lowest BCUT2D eigenvalue weighted by Crippen LogP contribution is -2.57. The van der Waals surface area contributed by atoms with Crippen molar-refractivity contribution < 1.29 is 4.79 Å². The summed E-state index contributed by atoms with van der Waals surface area (Å²) in [5.74, 6) is 1.14. The van der Waals surface area contributed by atoms with Gasteiger partial charge >= 0.3 is 0 Å². The fourth-order valence-corrected chi connectivity index (χ4v) is 3.89. The van der Waals surface area contributed by atoms with Gasteiger partial charge in [0.15, 0.2) is 0 Å². The van der Waals surface area contributed by atoms with Gasteiger partial charge in [-0.1, -0.05) is 33.1 Å². The molecule has 1 aliphatic heterocycles. The fraction of sp³-hybridized carbons (Fsp3) is 0.941. The van der Waals surface area contributed by atoms with Gasteiger partial charge < -0.3 is 16.0 Å². The Hall–Kier alpha value is -0.610. The molecule has 0 aromatic heterocycles. The Labute approximate surface area is 129 Å². The first kappa shape index (κ1) is 16.8. The van der Waals surface area contributed by atoms with Gasteiger partial charge in [0, 0.05) is 13.1 Å². The van der Waals surface area contributed by atoms with Crippen LogP contribution in [0.4, 0.5) is 0 Å². The van der Waals surface area contributed by atoms with Crippen molar-refractivity contribution in [3.63, 3.8) is 0 Å². The summed E-state index contributed by atoms with van der Waals surface area (Å²) in [6, 6.07) is 0. The Morgan fingerprint density at radius 3 is 2.71 bits per heavy atom. The van der Waals surface area contributed by atoms with Gasteiger partial charge in [-0.15, -0.1) is 0 Å². The van der Waals surface area contributed by atoms with Crippen LogP contribution >= 0.6 is 0 Å². The van der Waals surface area contributed by atoms with Crippen LogP contribution in [-0.4, -0.2) is 42.5 Å². The molecule has 3 N–H and O–H groups in total. The van der Waals surface area contributed by atoms with Crippen molar-refractivity contribution in [1.29, 1.82) is 0 Å². The van der Waals surface area contributed by atoms with Crippen LogP contribution in [0.25, 0.3) is 0 Å². The molecule has 0 aromatic rings. The number of rotatable bonds is 5. The number of piperidine rings is 1. The maximum atomic E-state index is 12.4. The van der Waals surface area contributed by atoms with E-state index in [0.29, 0.717) is 11.8 Å². The maximum Gasteiger partial charge on any atom is 0.240 e. The average Bonchev–Trinajstić information content (AvgIpc) is 2.45. The number of hydrogen-bond acceptors (Lipinski definition) is 3. The third-order valence-corrected chi connectivity index (χ3v) is 5.11. The van der Waals surface area contributed by atoms with Crippen molar-refractivity contribution in [1.82, 2.24) is 10.2 Å². The number of carbonyl (C=O) groups excluding carboxylic acids is 1. The lowest BCUT2D eigenvalue weighted by atomic mass is 9.76. The maximum absolute atomic E-state index is 12.4. The molecule has 4 nitrogen and oxygen atoms in total. The Balaban J connectivity index is 1.72. The highest BCUT2D eigenvalue weighted by atomic mass is 16.2. The van der Waals surface area contributed by atoms with Crippen LogP contribution in [0, 0.1) is 11.8 Å². The zero-order chi connectivity index (χ0) is 15.3. The van der Waals surface area contributed by atoms with Gasteiger partial charge in [-0.25, -0.2) is 0 Å². The Bertz CT molecular complexity index is 341. The van der Waals surface area contributed by atoms with Crippen LogP contribution < -0.4 is 11.1 Å². The van der Waals surface area contributed by atoms with Crippen molar-refractivity contribution in [3.05, 3.63) is 0 Å². The van der Waals surface area contributed by atoms with Crippen LogP contribution in [0.2, 0.25) is 0 Å². The van der Waals surface area contributed by atoms with E-state index in [0.717, 1.165) is 32.4 Å². The summed E-state index contributed by atoms with van der Waals surface area (Å²) >= 11 is 0. The third-order valence-electron chi connectivity index (χ3n) is 5.11. The minimum atomic E-state index is -0.623. The lowest BCUT2D eigenvalue weighted by Gasteiger charge is -2.36. The minimum absolute atomic E-state index is 0.0690. The van der Waals surface area contributed by atoms with Gasteiger partial charge in [-0.05, 0) is 50.6 Å². The van der Waals surface area contributed by atoms with Gasteiger partial charge in [0.25, 0.3) is 0 Å². The number of carbonyl (C=O) groups is 1. The number of likely N-dealkylation sites (tertiary alicyclic amines) is 1. The van der Waals surface area contributed by atoms with E-state index < -0.39 is 5.54 Å². The van der Waals surface area contributed by atoms with Crippen LogP contribution in [0.3, 0.4) is 0 Å². The molecule has 0 radical (unpaired) electrons. The Kier molecular flexibility index (Phi) is 6.06. The second-order valence-corrected chi connectivity index (χ2v) is 7.53. The molecule has 1 aliphatic carbocycles. The molecule has 2 aliphatic rings. The minimum Gasteiger partial charge on any atom is -0.354 e. The first-order valence-corrected chi connectivity index (χ1v) is 8.79. The van der Waals surface area contributed by atoms with Crippen LogP contribution in [-0.2, 0) is 4.79 Å². The van der Waals surface area contributed by atoms with Crippen molar-refractivity contribution in [2.24, 2.45) is 17.6 Å². The predicted molar refractivity (Wildman–Crippen MR) is 87.0 cm³/mol. The van der Waals surface area contributed by atoms with Crippen molar-refractivity contribution >= 4 is 5.91 Å². The summed E-state index contributed by atoms with van der Waals surface area (Å²) in [5.41, 5.74) is 5.72. The Morgan fingerprint density at radius 1 is 1.33 bits per heavy atom. The molecule has 122 valence electrons. The average molecular weight is 295 g/mol. The summed E-state index contributed by atoms with van der Waals surface area (Å²) < 4.78 is 0. The monoisotopic (exact) mass is 295 g/mol. The number of hydrogen-bond donors (Lipinski definition) is 2. The second kappa shape index (κ2) is 7.59. The van der Waals surface area contributed by atoms with Crippen molar-refractivity contribution in [3.8, 4) is 0 Å². The molecule has 3 atom stereocenters. The molecule has 0 aromatic carbocycles. The highest BCUT2D eigenvalue weighted by Crippen LogP contribution is 2.30. The molecule has 21 heavy (non-hydrogen) atoms. The molecule has 0 spiro atoms. The van der Waals surface area contributed by atoms with E-state index in [1.807, 2.05) is 0 Å². The molecule has 4 heteroatoms. The highest BCUT2D eigenvalue weighted by molar-refractivity contribution is 5.86. The van der Waals surface area contributed by atoms with Crippen molar-refractivity contribution in [2.45, 2.75) is 64.3 Å². The molecule has 2 fully saturated rings. The molecular weight excluding hydrogens is 262 g/mol. The van der Waals surface area contributed by atoms with Gasteiger partial charge in [-0.3, -0.25) is 4.79 Å². The molecule has 2 rings (SSSR count). The smallest absolute Gasteiger partial charge is 0.240 e. The SMILES string of the molecule is CC(CNC(=O)C1(N)CCCC(C)C1)CN1CCCCC1. The zero-order valence-corrected chi connectivity index (χ0v) is 13.9. The third kappa shape index (κ3) is 4.96. The highest BCUT2D eigenvalue weighted by Gasteiger charge is 2.37. The molecule has 1 saturated carbocycles. The number of nitrogens with zero attached hydrogens (tertiary/aromatic N) is 1. The van der Waals surface area contributed by atoms with E-state index in [9.17, 15) is 4.79 Å².